The Morgan fingerprint density at radius 3 is 2.58 bits per heavy atom. The van der Waals surface area contributed by atoms with Crippen molar-refractivity contribution >= 4 is 34.2 Å². The third-order valence-corrected chi connectivity index (χ3v) is 6.24. The second kappa shape index (κ2) is 12.4. The highest BCUT2D eigenvalue weighted by molar-refractivity contribution is 7.13. The van der Waals surface area contributed by atoms with Gasteiger partial charge in [-0.2, -0.15) is 0 Å². The smallest absolute Gasteiger partial charge is 0.247 e. The maximum atomic E-state index is 13.6. The minimum Gasteiger partial charge on any atom is -0.383 e. The van der Waals surface area contributed by atoms with E-state index in [-0.39, 0.29) is 49.8 Å². The molecule has 0 radical (unpaired) electrons. The topological polar surface area (TPSA) is 101 Å². The molecule has 1 aliphatic carbocycles. The van der Waals surface area contributed by atoms with E-state index >= 15 is 0 Å². The molecule has 0 saturated heterocycles. The molecule has 8 nitrogen and oxygen atoms in total. The van der Waals surface area contributed by atoms with Crippen LogP contribution in [0.15, 0.2) is 35.8 Å². The summed E-state index contributed by atoms with van der Waals surface area (Å²) in [6.07, 6.45) is 5.32. The van der Waals surface area contributed by atoms with Crippen molar-refractivity contribution in [3.63, 3.8) is 0 Å². The summed E-state index contributed by atoms with van der Waals surface area (Å²) in [6, 6.07) is 4.67. The second-order valence-electron chi connectivity index (χ2n) is 7.91. The summed E-state index contributed by atoms with van der Waals surface area (Å²) in [7, 11) is 1.51. The molecule has 2 aromatic rings. The molecule has 33 heavy (non-hydrogen) atoms. The number of carbonyl (C=O) groups excluding carboxylic acids is 3. The fourth-order valence-electron chi connectivity index (χ4n) is 3.89. The maximum absolute atomic E-state index is 13.6. The van der Waals surface area contributed by atoms with E-state index in [0.29, 0.717) is 10.7 Å². The standard InChI is InChI=1S/C23H29FN4O4S/c1-32-14-13-28(20(30)11-10-19(29)27-23-25-12-15-33-23)21(16-6-8-17(24)9-7-16)22(31)26-18-4-2-3-5-18/h6-9,12,15,18,21H,2-5,10-11,13-14H2,1H3,(H,26,31)(H,25,27,29). The molecular formula is C23H29FN4O4S. The molecule has 0 bridgehead atoms. The third kappa shape index (κ3) is 7.33. The molecule has 1 aliphatic rings. The van der Waals surface area contributed by atoms with Gasteiger partial charge in [-0.1, -0.05) is 25.0 Å². The summed E-state index contributed by atoms with van der Waals surface area (Å²) in [5.74, 6) is -1.44. The number of halogens is 1. The first-order valence-electron chi connectivity index (χ1n) is 11.0. The van der Waals surface area contributed by atoms with E-state index in [0.717, 1.165) is 25.7 Å². The fourth-order valence-corrected chi connectivity index (χ4v) is 4.43. The number of anilines is 1. The summed E-state index contributed by atoms with van der Waals surface area (Å²) in [6.45, 7) is 0.370. The predicted octanol–water partition coefficient (Wildman–Crippen LogP) is 3.28. The number of hydrogen-bond acceptors (Lipinski definition) is 6. The Bertz CT molecular complexity index is 917. The Labute approximate surface area is 196 Å². The first-order chi connectivity index (χ1) is 16.0. The number of thiazole rings is 1. The summed E-state index contributed by atoms with van der Waals surface area (Å²) in [4.78, 5) is 44.2. The van der Waals surface area contributed by atoms with Crippen LogP contribution in [0.1, 0.15) is 50.1 Å². The monoisotopic (exact) mass is 476 g/mol. The van der Waals surface area contributed by atoms with Crippen LogP contribution in [0.2, 0.25) is 0 Å². The van der Waals surface area contributed by atoms with Crippen LogP contribution in [-0.4, -0.2) is 53.9 Å². The van der Waals surface area contributed by atoms with Crippen LogP contribution < -0.4 is 10.6 Å². The summed E-state index contributed by atoms with van der Waals surface area (Å²) in [5.41, 5.74) is 0.503. The molecule has 1 aromatic heterocycles. The van der Waals surface area contributed by atoms with Crippen molar-refractivity contribution in [2.75, 3.05) is 25.6 Å². The van der Waals surface area contributed by atoms with Gasteiger partial charge in [0.2, 0.25) is 17.7 Å². The van der Waals surface area contributed by atoms with Crippen LogP contribution in [0.25, 0.3) is 0 Å². The highest BCUT2D eigenvalue weighted by Crippen LogP contribution is 2.25. The zero-order valence-electron chi connectivity index (χ0n) is 18.6. The van der Waals surface area contributed by atoms with Gasteiger partial charge in [-0.3, -0.25) is 14.4 Å². The van der Waals surface area contributed by atoms with Gasteiger partial charge >= 0.3 is 0 Å². The largest absolute Gasteiger partial charge is 0.383 e. The van der Waals surface area contributed by atoms with Crippen LogP contribution in [0, 0.1) is 5.82 Å². The zero-order chi connectivity index (χ0) is 23.6. The lowest BCUT2D eigenvalue weighted by Crippen LogP contribution is -2.47. The van der Waals surface area contributed by atoms with Gasteiger partial charge in [-0.05, 0) is 30.5 Å². The van der Waals surface area contributed by atoms with Crippen LogP contribution >= 0.6 is 11.3 Å². The molecule has 1 fully saturated rings. The predicted molar refractivity (Wildman–Crippen MR) is 123 cm³/mol. The molecule has 1 atom stereocenters. The van der Waals surface area contributed by atoms with Crippen molar-refractivity contribution in [2.45, 2.75) is 50.6 Å². The molecule has 0 spiro atoms. The lowest BCUT2D eigenvalue weighted by atomic mass is 10.0. The molecule has 1 saturated carbocycles. The normalized spacial score (nSPS) is 14.6. The molecule has 178 valence electrons. The van der Waals surface area contributed by atoms with Crippen molar-refractivity contribution in [1.82, 2.24) is 15.2 Å². The molecule has 1 heterocycles. The number of hydrogen-bond donors (Lipinski definition) is 2. The summed E-state index contributed by atoms with van der Waals surface area (Å²) < 4.78 is 18.7. The van der Waals surface area contributed by atoms with E-state index in [2.05, 4.69) is 15.6 Å². The third-order valence-electron chi connectivity index (χ3n) is 5.55. The molecular weight excluding hydrogens is 447 g/mol. The van der Waals surface area contributed by atoms with Crippen LogP contribution in [0.4, 0.5) is 9.52 Å². The number of nitrogens with zero attached hydrogens (tertiary/aromatic N) is 2. The number of amides is 3. The average Bonchev–Trinajstić information content (AvgIpc) is 3.50. The van der Waals surface area contributed by atoms with Crippen molar-refractivity contribution in [1.29, 1.82) is 0 Å². The zero-order valence-corrected chi connectivity index (χ0v) is 19.4. The molecule has 0 aliphatic heterocycles. The van der Waals surface area contributed by atoms with Gasteiger partial charge in [0.25, 0.3) is 0 Å². The Hall–Kier alpha value is -2.85. The van der Waals surface area contributed by atoms with Crippen molar-refractivity contribution in [2.24, 2.45) is 0 Å². The van der Waals surface area contributed by atoms with Crippen molar-refractivity contribution < 1.29 is 23.5 Å². The lowest BCUT2D eigenvalue weighted by molar-refractivity contribution is -0.142. The number of benzene rings is 1. The fraction of sp³-hybridized carbons (Fsp3) is 0.478. The first kappa shape index (κ1) is 24.8. The van der Waals surface area contributed by atoms with E-state index in [1.165, 1.54) is 47.6 Å². The second-order valence-corrected chi connectivity index (χ2v) is 8.80. The number of aromatic nitrogens is 1. The molecule has 2 N–H and O–H groups in total. The van der Waals surface area contributed by atoms with E-state index in [1.807, 2.05) is 0 Å². The highest BCUT2D eigenvalue weighted by Gasteiger charge is 2.33. The average molecular weight is 477 g/mol. The quantitative estimate of drug-likeness (QED) is 0.518. The van der Waals surface area contributed by atoms with E-state index < -0.39 is 11.9 Å². The SMILES string of the molecule is COCCN(C(=O)CCC(=O)Nc1nccs1)C(C(=O)NC1CCCC1)c1ccc(F)cc1. The molecule has 1 unspecified atom stereocenters. The Morgan fingerprint density at radius 1 is 1.21 bits per heavy atom. The Balaban J connectivity index is 1.76. The molecule has 10 heteroatoms. The van der Waals surface area contributed by atoms with E-state index in [4.69, 9.17) is 4.74 Å². The minimum absolute atomic E-state index is 0.0533. The number of carbonyl (C=O) groups is 3. The highest BCUT2D eigenvalue weighted by atomic mass is 32.1. The minimum atomic E-state index is -0.948. The van der Waals surface area contributed by atoms with Crippen molar-refractivity contribution in [3.05, 3.63) is 47.2 Å². The van der Waals surface area contributed by atoms with Gasteiger partial charge in [0.15, 0.2) is 5.13 Å². The number of nitrogens with one attached hydrogen (secondary N) is 2. The first-order valence-corrected chi connectivity index (χ1v) is 11.9. The van der Waals surface area contributed by atoms with Crippen LogP contribution in [0.5, 0.6) is 0 Å². The van der Waals surface area contributed by atoms with Gasteiger partial charge in [-0.15, -0.1) is 11.3 Å². The van der Waals surface area contributed by atoms with E-state index in [9.17, 15) is 18.8 Å². The Morgan fingerprint density at radius 2 is 1.94 bits per heavy atom. The van der Waals surface area contributed by atoms with Crippen LogP contribution in [0.3, 0.4) is 0 Å². The molecule has 3 amide bonds. The summed E-state index contributed by atoms with van der Waals surface area (Å²) >= 11 is 1.29. The summed E-state index contributed by atoms with van der Waals surface area (Å²) in [5, 5.41) is 7.90. The number of rotatable bonds is 11. The lowest BCUT2D eigenvalue weighted by Gasteiger charge is -2.32. The molecule has 3 rings (SSSR count). The van der Waals surface area contributed by atoms with Gasteiger partial charge in [0.05, 0.1) is 6.61 Å². The van der Waals surface area contributed by atoms with E-state index in [1.54, 1.807) is 11.6 Å². The van der Waals surface area contributed by atoms with Gasteiger partial charge < -0.3 is 20.3 Å². The van der Waals surface area contributed by atoms with Crippen molar-refractivity contribution in [3.8, 4) is 0 Å². The van der Waals surface area contributed by atoms with Gasteiger partial charge in [0.1, 0.15) is 11.9 Å². The number of ether oxygens (including phenoxy) is 1. The van der Waals surface area contributed by atoms with Gasteiger partial charge in [0, 0.05) is 44.1 Å². The van der Waals surface area contributed by atoms with Gasteiger partial charge in [-0.25, -0.2) is 9.37 Å². The molecule has 1 aromatic carbocycles. The number of methoxy groups -OCH3 is 1. The Kier molecular flexibility index (Phi) is 9.32. The van der Waals surface area contributed by atoms with Crippen LogP contribution in [-0.2, 0) is 19.1 Å². The maximum Gasteiger partial charge on any atom is 0.247 e.